The van der Waals surface area contributed by atoms with E-state index in [1.165, 1.54) is 31.5 Å². The Balaban J connectivity index is 1.63. The highest BCUT2D eigenvalue weighted by Gasteiger charge is 2.26. The monoisotopic (exact) mass is 461 g/mol. The molecule has 0 atom stereocenters. The Morgan fingerprint density at radius 1 is 1.19 bits per heavy atom. The zero-order valence-corrected chi connectivity index (χ0v) is 18.4. The molecule has 1 aliphatic rings. The summed E-state index contributed by atoms with van der Waals surface area (Å²) in [5, 5.41) is 7.60. The minimum Gasteiger partial charge on any atom is -0.480 e. The molecule has 1 aliphatic carbocycles. The SMILES string of the molecule is COc1ncc(NC(=O)c2c3c(nn2C)CCC3)cc1S(=O)(=O)Nc1ccc(Cl)cc1. The number of halogens is 1. The number of hydrogen-bond donors (Lipinski definition) is 2. The van der Waals surface area contributed by atoms with Gasteiger partial charge in [0.05, 0.1) is 24.7 Å². The number of aryl methyl sites for hydroxylation is 2. The highest BCUT2D eigenvalue weighted by atomic mass is 35.5. The highest BCUT2D eigenvalue weighted by molar-refractivity contribution is 7.92. The van der Waals surface area contributed by atoms with Crippen LogP contribution in [0.2, 0.25) is 5.02 Å². The normalized spacial score (nSPS) is 13.0. The predicted octanol–water partition coefficient (Wildman–Crippen LogP) is 3.02. The zero-order valence-electron chi connectivity index (χ0n) is 16.8. The molecule has 0 bridgehead atoms. The van der Waals surface area contributed by atoms with Crippen molar-refractivity contribution in [1.29, 1.82) is 0 Å². The molecular formula is C20H20ClN5O4S. The first-order valence-electron chi connectivity index (χ1n) is 9.47. The van der Waals surface area contributed by atoms with E-state index in [0.717, 1.165) is 30.5 Å². The van der Waals surface area contributed by atoms with Crippen LogP contribution in [0.1, 0.15) is 28.2 Å². The Morgan fingerprint density at radius 2 is 1.94 bits per heavy atom. The van der Waals surface area contributed by atoms with Gasteiger partial charge in [0.1, 0.15) is 5.69 Å². The fraction of sp³-hybridized carbons (Fsp3) is 0.250. The number of hydrogen-bond acceptors (Lipinski definition) is 6. The van der Waals surface area contributed by atoms with Crippen LogP contribution in [0.25, 0.3) is 0 Å². The van der Waals surface area contributed by atoms with Crippen LogP contribution in [0.3, 0.4) is 0 Å². The highest BCUT2D eigenvalue weighted by Crippen LogP contribution is 2.28. The smallest absolute Gasteiger partial charge is 0.274 e. The number of ether oxygens (including phenoxy) is 1. The van der Waals surface area contributed by atoms with Crippen LogP contribution in [-0.4, -0.2) is 36.2 Å². The van der Waals surface area contributed by atoms with Crippen molar-refractivity contribution < 1.29 is 17.9 Å². The molecule has 31 heavy (non-hydrogen) atoms. The van der Waals surface area contributed by atoms with Crippen LogP contribution in [-0.2, 0) is 29.9 Å². The van der Waals surface area contributed by atoms with Crippen LogP contribution in [0.15, 0.2) is 41.4 Å². The Bertz CT molecular complexity index is 1260. The van der Waals surface area contributed by atoms with Gasteiger partial charge in [-0.1, -0.05) is 11.6 Å². The van der Waals surface area contributed by atoms with Crippen molar-refractivity contribution >= 4 is 38.9 Å². The largest absolute Gasteiger partial charge is 0.480 e. The third-order valence-corrected chi connectivity index (χ3v) is 6.57. The van der Waals surface area contributed by atoms with Gasteiger partial charge < -0.3 is 10.1 Å². The molecule has 2 aromatic heterocycles. The molecular weight excluding hydrogens is 442 g/mol. The summed E-state index contributed by atoms with van der Waals surface area (Å²) >= 11 is 5.85. The van der Waals surface area contributed by atoms with Crippen LogP contribution < -0.4 is 14.8 Å². The molecule has 0 fully saturated rings. The van der Waals surface area contributed by atoms with Gasteiger partial charge in [0.15, 0.2) is 4.90 Å². The number of pyridine rings is 1. The van der Waals surface area contributed by atoms with Crippen molar-refractivity contribution in [3.8, 4) is 5.88 Å². The van der Waals surface area contributed by atoms with E-state index in [0.29, 0.717) is 16.4 Å². The third-order valence-electron chi connectivity index (χ3n) is 4.94. The first-order chi connectivity index (χ1) is 14.8. The lowest BCUT2D eigenvalue weighted by atomic mass is 10.2. The molecule has 1 aromatic carbocycles. The van der Waals surface area contributed by atoms with Gasteiger partial charge in [-0.05, 0) is 49.6 Å². The molecule has 9 nitrogen and oxygen atoms in total. The summed E-state index contributed by atoms with van der Waals surface area (Å²) < 4.78 is 35.0. The average molecular weight is 462 g/mol. The van der Waals surface area contributed by atoms with Crippen LogP contribution >= 0.6 is 11.6 Å². The summed E-state index contributed by atoms with van der Waals surface area (Å²) in [6.07, 6.45) is 3.94. The van der Waals surface area contributed by atoms with E-state index in [2.05, 4.69) is 20.1 Å². The Hall–Kier alpha value is -3.11. The van der Waals surface area contributed by atoms with Crippen molar-refractivity contribution in [2.45, 2.75) is 24.2 Å². The van der Waals surface area contributed by atoms with Gasteiger partial charge in [-0.15, -0.1) is 0 Å². The molecule has 0 saturated carbocycles. The van der Waals surface area contributed by atoms with E-state index in [9.17, 15) is 13.2 Å². The van der Waals surface area contributed by atoms with E-state index < -0.39 is 10.0 Å². The van der Waals surface area contributed by atoms with E-state index in [-0.39, 0.29) is 22.4 Å². The number of nitrogens with one attached hydrogen (secondary N) is 2. The summed E-state index contributed by atoms with van der Waals surface area (Å²) in [5.74, 6) is -0.472. The summed E-state index contributed by atoms with van der Waals surface area (Å²) in [5.41, 5.74) is 2.86. The first-order valence-corrected chi connectivity index (χ1v) is 11.3. The van der Waals surface area contributed by atoms with Crippen molar-refractivity contribution in [3.63, 3.8) is 0 Å². The number of amides is 1. The summed E-state index contributed by atoms with van der Waals surface area (Å²) in [6.45, 7) is 0. The number of sulfonamides is 1. The zero-order chi connectivity index (χ0) is 22.2. The Labute approximate surface area is 184 Å². The summed E-state index contributed by atoms with van der Waals surface area (Å²) in [6, 6.07) is 7.51. The number of rotatable bonds is 6. The molecule has 3 aromatic rings. The quantitative estimate of drug-likeness (QED) is 0.583. The van der Waals surface area contributed by atoms with Crippen molar-refractivity contribution in [3.05, 3.63) is 58.5 Å². The van der Waals surface area contributed by atoms with Gasteiger partial charge in [-0.2, -0.15) is 5.10 Å². The molecule has 162 valence electrons. The number of benzene rings is 1. The molecule has 2 N–H and O–H groups in total. The first kappa shape index (κ1) is 21.1. The van der Waals surface area contributed by atoms with E-state index in [1.807, 2.05) is 0 Å². The number of methoxy groups -OCH3 is 1. The fourth-order valence-corrected chi connectivity index (χ4v) is 4.90. The lowest BCUT2D eigenvalue weighted by molar-refractivity contribution is 0.101. The van der Waals surface area contributed by atoms with Gasteiger partial charge in [-0.25, -0.2) is 13.4 Å². The Morgan fingerprint density at radius 3 is 2.65 bits per heavy atom. The second-order valence-corrected chi connectivity index (χ2v) is 9.14. The van der Waals surface area contributed by atoms with Crippen molar-refractivity contribution in [1.82, 2.24) is 14.8 Å². The van der Waals surface area contributed by atoms with Crippen LogP contribution in [0, 0.1) is 0 Å². The van der Waals surface area contributed by atoms with Crippen molar-refractivity contribution in [2.24, 2.45) is 7.05 Å². The maximum atomic E-state index is 12.9. The van der Waals surface area contributed by atoms with Gasteiger partial charge in [0.25, 0.3) is 15.9 Å². The van der Waals surface area contributed by atoms with E-state index in [1.54, 1.807) is 23.9 Å². The van der Waals surface area contributed by atoms with Crippen LogP contribution in [0.4, 0.5) is 11.4 Å². The number of aromatic nitrogens is 3. The molecule has 0 aliphatic heterocycles. The lowest BCUT2D eigenvalue weighted by Gasteiger charge is -2.13. The molecule has 0 spiro atoms. The predicted molar refractivity (Wildman–Crippen MR) is 116 cm³/mol. The topological polar surface area (TPSA) is 115 Å². The summed E-state index contributed by atoms with van der Waals surface area (Å²) in [7, 11) is -1.01. The summed E-state index contributed by atoms with van der Waals surface area (Å²) in [4.78, 5) is 16.7. The number of nitrogens with zero attached hydrogens (tertiary/aromatic N) is 3. The lowest BCUT2D eigenvalue weighted by Crippen LogP contribution is -2.19. The molecule has 4 rings (SSSR count). The minimum absolute atomic E-state index is 0.0964. The van der Waals surface area contributed by atoms with E-state index in [4.69, 9.17) is 16.3 Å². The second kappa shape index (κ2) is 8.20. The molecule has 0 saturated heterocycles. The molecule has 11 heteroatoms. The Kier molecular flexibility index (Phi) is 5.59. The van der Waals surface area contributed by atoms with Crippen molar-refractivity contribution in [2.75, 3.05) is 17.1 Å². The maximum absolute atomic E-state index is 12.9. The molecule has 1 amide bonds. The molecule has 0 unspecified atom stereocenters. The number of anilines is 2. The third kappa shape index (κ3) is 4.21. The number of carbonyl (C=O) groups excluding carboxylic acids is 1. The fourth-order valence-electron chi connectivity index (χ4n) is 3.57. The van der Waals surface area contributed by atoms with Gasteiger partial charge in [0.2, 0.25) is 5.88 Å². The van der Waals surface area contributed by atoms with Gasteiger partial charge in [0, 0.05) is 23.3 Å². The van der Waals surface area contributed by atoms with Crippen LogP contribution in [0.5, 0.6) is 5.88 Å². The van der Waals surface area contributed by atoms with E-state index >= 15 is 0 Å². The average Bonchev–Trinajstić information content (AvgIpc) is 3.29. The molecule has 0 radical (unpaired) electrons. The number of fused-ring (bicyclic) bond motifs is 1. The maximum Gasteiger partial charge on any atom is 0.274 e. The second-order valence-electron chi connectivity index (χ2n) is 7.05. The number of carbonyl (C=O) groups is 1. The minimum atomic E-state index is -4.05. The molecule has 2 heterocycles. The van der Waals surface area contributed by atoms with Gasteiger partial charge >= 0.3 is 0 Å². The standard InChI is InChI=1S/C20H20ClN5O4S/c1-26-18(15-4-3-5-16(15)24-26)19(27)23-14-10-17(20(30-2)22-11-14)31(28,29)25-13-8-6-12(21)7-9-13/h6-11,25H,3-5H2,1-2H3,(H,23,27). The van der Waals surface area contributed by atoms with Gasteiger partial charge in [-0.3, -0.25) is 14.2 Å².